The smallest absolute Gasteiger partial charge is 0.243 e. The Hall–Kier alpha value is -2.56. The fourth-order valence-electron chi connectivity index (χ4n) is 2.89. The van der Waals surface area contributed by atoms with Crippen molar-refractivity contribution < 1.29 is 22.5 Å². The fraction of sp³-hybridized carbons (Fsp3) is 0.353. The molecule has 0 atom stereocenters. The minimum absolute atomic E-state index is 0.00703. The molecule has 1 saturated heterocycles. The highest BCUT2D eigenvalue weighted by Gasteiger charge is 2.30. The standard InChI is InChI=1S/C17H20N4O5S/c1-13-10-16(19-26-13)18-17(23)11-20-6-8-21(9-7-20)27(24,25)15-5-3-2-4-14(15)12-22/h2-5,10,12H,6-9,11H2,1H3,(H,18,19,23). The van der Waals surface area contributed by atoms with Crippen molar-refractivity contribution in [2.24, 2.45) is 0 Å². The number of aromatic nitrogens is 1. The van der Waals surface area contributed by atoms with Crippen LogP contribution in [0, 0.1) is 6.92 Å². The predicted molar refractivity (Wildman–Crippen MR) is 96.9 cm³/mol. The first-order valence-corrected chi connectivity index (χ1v) is 9.84. The number of aldehydes is 1. The van der Waals surface area contributed by atoms with Crippen molar-refractivity contribution in [1.82, 2.24) is 14.4 Å². The molecule has 27 heavy (non-hydrogen) atoms. The van der Waals surface area contributed by atoms with Gasteiger partial charge in [0, 0.05) is 37.8 Å². The van der Waals surface area contributed by atoms with Crippen LogP contribution in [0.4, 0.5) is 5.82 Å². The molecular formula is C17H20N4O5S. The highest BCUT2D eigenvalue weighted by atomic mass is 32.2. The second-order valence-electron chi connectivity index (χ2n) is 6.21. The average molecular weight is 392 g/mol. The third-order valence-electron chi connectivity index (χ3n) is 4.26. The molecular weight excluding hydrogens is 372 g/mol. The van der Waals surface area contributed by atoms with Crippen LogP contribution in [0.1, 0.15) is 16.1 Å². The van der Waals surface area contributed by atoms with E-state index < -0.39 is 10.0 Å². The van der Waals surface area contributed by atoms with Crippen molar-refractivity contribution in [2.45, 2.75) is 11.8 Å². The zero-order chi connectivity index (χ0) is 19.4. The minimum atomic E-state index is -3.75. The quantitative estimate of drug-likeness (QED) is 0.722. The number of nitrogens with zero attached hydrogens (tertiary/aromatic N) is 3. The van der Waals surface area contributed by atoms with Gasteiger partial charge in [-0.3, -0.25) is 14.5 Å². The van der Waals surface area contributed by atoms with Crippen LogP contribution >= 0.6 is 0 Å². The van der Waals surface area contributed by atoms with Crippen molar-refractivity contribution in [1.29, 1.82) is 0 Å². The van der Waals surface area contributed by atoms with E-state index in [1.165, 1.54) is 16.4 Å². The van der Waals surface area contributed by atoms with E-state index in [1.54, 1.807) is 25.1 Å². The van der Waals surface area contributed by atoms with Gasteiger partial charge >= 0.3 is 0 Å². The molecule has 3 rings (SSSR count). The first-order valence-electron chi connectivity index (χ1n) is 8.40. The van der Waals surface area contributed by atoms with E-state index in [0.717, 1.165) is 0 Å². The molecule has 1 N–H and O–H groups in total. The van der Waals surface area contributed by atoms with Gasteiger partial charge < -0.3 is 9.84 Å². The number of nitrogens with one attached hydrogen (secondary N) is 1. The predicted octanol–water partition coefficient (Wildman–Crippen LogP) is 0.741. The number of anilines is 1. The van der Waals surface area contributed by atoms with Gasteiger partial charge in [0.05, 0.1) is 11.4 Å². The minimum Gasteiger partial charge on any atom is -0.360 e. The Kier molecular flexibility index (Phi) is 5.68. The number of carbonyl (C=O) groups excluding carboxylic acids is 2. The second-order valence-corrected chi connectivity index (χ2v) is 8.11. The second kappa shape index (κ2) is 7.99. The highest BCUT2D eigenvalue weighted by Crippen LogP contribution is 2.20. The van der Waals surface area contributed by atoms with Crippen LogP contribution in [-0.4, -0.2) is 67.7 Å². The van der Waals surface area contributed by atoms with E-state index in [2.05, 4.69) is 10.5 Å². The van der Waals surface area contributed by atoms with Crippen LogP contribution in [0.2, 0.25) is 0 Å². The molecule has 1 aliphatic rings. The zero-order valence-electron chi connectivity index (χ0n) is 14.8. The van der Waals surface area contributed by atoms with Crippen LogP contribution in [0.15, 0.2) is 39.8 Å². The van der Waals surface area contributed by atoms with E-state index in [1.807, 2.05) is 4.90 Å². The molecule has 2 heterocycles. The van der Waals surface area contributed by atoms with Crippen LogP contribution in [0.25, 0.3) is 0 Å². The normalized spacial score (nSPS) is 16.2. The molecule has 0 unspecified atom stereocenters. The lowest BCUT2D eigenvalue weighted by atomic mass is 10.2. The Morgan fingerprint density at radius 2 is 1.96 bits per heavy atom. The van der Waals surface area contributed by atoms with Gasteiger partial charge in [-0.1, -0.05) is 23.4 Å². The molecule has 0 bridgehead atoms. The molecule has 0 radical (unpaired) electrons. The van der Waals surface area contributed by atoms with Gasteiger partial charge in [-0.15, -0.1) is 0 Å². The Balaban J connectivity index is 1.58. The summed E-state index contributed by atoms with van der Waals surface area (Å²) in [6.07, 6.45) is 0.541. The molecule has 1 fully saturated rings. The van der Waals surface area contributed by atoms with Gasteiger partial charge in [0.2, 0.25) is 15.9 Å². The van der Waals surface area contributed by atoms with Gasteiger partial charge in [0.25, 0.3) is 0 Å². The molecule has 9 nitrogen and oxygen atoms in total. The number of carbonyl (C=O) groups is 2. The SMILES string of the molecule is Cc1cc(NC(=O)CN2CCN(S(=O)(=O)c3ccccc3C=O)CC2)no1. The lowest BCUT2D eigenvalue weighted by Crippen LogP contribution is -2.50. The zero-order valence-corrected chi connectivity index (χ0v) is 15.6. The number of amides is 1. The summed E-state index contributed by atoms with van der Waals surface area (Å²) in [5, 5.41) is 6.34. The summed E-state index contributed by atoms with van der Waals surface area (Å²) < 4.78 is 31.8. The molecule has 2 aromatic rings. The van der Waals surface area contributed by atoms with Crippen molar-refractivity contribution in [3.05, 3.63) is 41.7 Å². The van der Waals surface area contributed by atoms with E-state index >= 15 is 0 Å². The summed E-state index contributed by atoms with van der Waals surface area (Å²) in [4.78, 5) is 25.1. The maximum absolute atomic E-state index is 12.8. The van der Waals surface area contributed by atoms with Gasteiger partial charge in [0.1, 0.15) is 5.76 Å². The maximum atomic E-state index is 12.8. The van der Waals surface area contributed by atoms with Crippen LogP contribution in [0.5, 0.6) is 0 Å². The molecule has 0 saturated carbocycles. The number of benzene rings is 1. The summed E-state index contributed by atoms with van der Waals surface area (Å²) in [5.74, 6) is 0.704. The number of hydrogen-bond acceptors (Lipinski definition) is 7. The summed E-state index contributed by atoms with van der Waals surface area (Å²) in [5.41, 5.74) is 0.141. The van der Waals surface area contributed by atoms with Gasteiger partial charge in [-0.25, -0.2) is 8.42 Å². The van der Waals surface area contributed by atoms with Gasteiger partial charge in [-0.05, 0) is 13.0 Å². The number of sulfonamides is 1. The monoisotopic (exact) mass is 392 g/mol. The fourth-order valence-corrected chi connectivity index (χ4v) is 4.48. The highest BCUT2D eigenvalue weighted by molar-refractivity contribution is 7.89. The van der Waals surface area contributed by atoms with Crippen LogP contribution in [0.3, 0.4) is 0 Å². The molecule has 1 aromatic heterocycles. The molecule has 1 amide bonds. The summed E-state index contributed by atoms with van der Waals surface area (Å²) in [7, 11) is -3.75. The topological polar surface area (TPSA) is 113 Å². The molecule has 0 aliphatic carbocycles. The molecule has 1 aliphatic heterocycles. The molecule has 144 valence electrons. The third-order valence-corrected chi connectivity index (χ3v) is 6.23. The lowest BCUT2D eigenvalue weighted by molar-refractivity contribution is -0.117. The van der Waals surface area contributed by atoms with Crippen LogP contribution in [-0.2, 0) is 14.8 Å². The van der Waals surface area contributed by atoms with Crippen LogP contribution < -0.4 is 5.32 Å². The summed E-state index contributed by atoms with van der Waals surface area (Å²) in [6.45, 7) is 3.16. The lowest BCUT2D eigenvalue weighted by Gasteiger charge is -2.33. The van der Waals surface area contributed by atoms with Crippen molar-refractivity contribution in [2.75, 3.05) is 38.0 Å². The molecule has 10 heteroatoms. The van der Waals surface area contributed by atoms with E-state index in [9.17, 15) is 18.0 Å². The van der Waals surface area contributed by atoms with Crippen molar-refractivity contribution >= 4 is 28.0 Å². The van der Waals surface area contributed by atoms with Crippen molar-refractivity contribution in [3.8, 4) is 0 Å². The van der Waals surface area contributed by atoms with Crippen molar-refractivity contribution in [3.63, 3.8) is 0 Å². The van der Waals surface area contributed by atoms with Gasteiger partial charge in [-0.2, -0.15) is 4.31 Å². The number of aryl methyl sites for hydroxylation is 1. The van der Waals surface area contributed by atoms with E-state index in [-0.39, 0.29) is 36.0 Å². The Morgan fingerprint density at radius 3 is 2.59 bits per heavy atom. The maximum Gasteiger partial charge on any atom is 0.243 e. The number of piperazine rings is 1. The molecule has 1 aromatic carbocycles. The summed E-state index contributed by atoms with van der Waals surface area (Å²) in [6, 6.07) is 7.74. The van der Waals surface area contributed by atoms with E-state index in [0.29, 0.717) is 31.0 Å². The molecule has 0 spiro atoms. The third kappa shape index (κ3) is 4.41. The number of rotatable bonds is 6. The number of hydrogen-bond donors (Lipinski definition) is 1. The summed E-state index contributed by atoms with van der Waals surface area (Å²) >= 11 is 0. The first-order chi connectivity index (χ1) is 12.9. The van der Waals surface area contributed by atoms with E-state index in [4.69, 9.17) is 4.52 Å². The Morgan fingerprint density at radius 1 is 1.26 bits per heavy atom. The first kappa shape index (κ1) is 19.2. The largest absolute Gasteiger partial charge is 0.360 e. The van der Waals surface area contributed by atoms with Gasteiger partial charge in [0.15, 0.2) is 12.1 Å². The Labute approximate surface area is 157 Å². The average Bonchev–Trinajstić information content (AvgIpc) is 3.06. The Bertz CT molecular complexity index is 932.